The zero-order chi connectivity index (χ0) is 14.8. The highest BCUT2D eigenvalue weighted by molar-refractivity contribution is 5.40. The van der Waals surface area contributed by atoms with Crippen LogP contribution in [-0.2, 0) is 6.42 Å². The van der Waals surface area contributed by atoms with Crippen molar-refractivity contribution >= 4 is 0 Å². The molecule has 0 saturated carbocycles. The molecular weight excluding hydrogens is 250 g/mol. The van der Waals surface area contributed by atoms with E-state index < -0.39 is 0 Å². The van der Waals surface area contributed by atoms with Crippen molar-refractivity contribution in [2.24, 2.45) is 5.92 Å². The van der Waals surface area contributed by atoms with Gasteiger partial charge in [-0.1, -0.05) is 13.8 Å². The normalized spacial score (nSPS) is 12.2. The molecule has 1 rings (SSSR count). The maximum Gasteiger partial charge on any atom is 0.122 e. The Bertz CT molecular complexity index is 379. The minimum Gasteiger partial charge on any atom is -0.497 e. The maximum atomic E-state index is 5.42. The molecule has 114 valence electrons. The average molecular weight is 279 g/mol. The lowest BCUT2D eigenvalue weighted by Crippen LogP contribution is -2.18. The molecule has 0 fully saturated rings. The smallest absolute Gasteiger partial charge is 0.122 e. The SMILES string of the molecule is CCCNCCC(C)CCc1cc(OC)ccc1OC. The number of hydrogen-bond donors (Lipinski definition) is 1. The van der Waals surface area contributed by atoms with Gasteiger partial charge in [0.05, 0.1) is 14.2 Å². The third kappa shape index (κ3) is 5.83. The van der Waals surface area contributed by atoms with Crippen molar-refractivity contribution < 1.29 is 9.47 Å². The van der Waals surface area contributed by atoms with Crippen LogP contribution in [0.15, 0.2) is 18.2 Å². The van der Waals surface area contributed by atoms with Gasteiger partial charge in [-0.25, -0.2) is 0 Å². The van der Waals surface area contributed by atoms with Crippen LogP contribution in [0.5, 0.6) is 11.5 Å². The number of benzene rings is 1. The first-order chi connectivity index (χ1) is 9.71. The van der Waals surface area contributed by atoms with Crippen LogP contribution in [0.3, 0.4) is 0 Å². The maximum absolute atomic E-state index is 5.42. The number of methoxy groups -OCH3 is 2. The molecule has 0 aromatic heterocycles. The highest BCUT2D eigenvalue weighted by atomic mass is 16.5. The Morgan fingerprint density at radius 2 is 1.90 bits per heavy atom. The molecule has 0 saturated heterocycles. The summed E-state index contributed by atoms with van der Waals surface area (Å²) in [6.45, 7) is 6.76. The van der Waals surface area contributed by atoms with Crippen LogP contribution in [0.1, 0.15) is 38.7 Å². The minimum atomic E-state index is 0.718. The van der Waals surface area contributed by atoms with Crippen LogP contribution < -0.4 is 14.8 Å². The van der Waals surface area contributed by atoms with E-state index in [-0.39, 0.29) is 0 Å². The van der Waals surface area contributed by atoms with Gasteiger partial charge >= 0.3 is 0 Å². The van der Waals surface area contributed by atoms with Crippen molar-refractivity contribution in [1.82, 2.24) is 5.32 Å². The van der Waals surface area contributed by atoms with E-state index in [1.54, 1.807) is 14.2 Å². The molecule has 0 aliphatic heterocycles. The molecule has 0 radical (unpaired) electrons. The monoisotopic (exact) mass is 279 g/mol. The van der Waals surface area contributed by atoms with Crippen LogP contribution in [-0.4, -0.2) is 27.3 Å². The lowest BCUT2D eigenvalue weighted by Gasteiger charge is -2.14. The number of rotatable bonds is 10. The Hall–Kier alpha value is -1.22. The van der Waals surface area contributed by atoms with Crippen molar-refractivity contribution in [1.29, 1.82) is 0 Å². The van der Waals surface area contributed by atoms with Crippen molar-refractivity contribution in [3.63, 3.8) is 0 Å². The Morgan fingerprint density at radius 3 is 2.55 bits per heavy atom. The first kappa shape index (κ1) is 16.8. The van der Waals surface area contributed by atoms with E-state index >= 15 is 0 Å². The number of hydrogen-bond acceptors (Lipinski definition) is 3. The van der Waals surface area contributed by atoms with E-state index in [2.05, 4.69) is 25.2 Å². The van der Waals surface area contributed by atoms with Crippen LogP contribution in [0.4, 0.5) is 0 Å². The predicted molar refractivity (Wildman–Crippen MR) is 84.8 cm³/mol. The molecule has 3 nitrogen and oxygen atoms in total. The summed E-state index contributed by atoms with van der Waals surface area (Å²) in [5.74, 6) is 2.58. The largest absolute Gasteiger partial charge is 0.497 e. The van der Waals surface area contributed by atoms with Gasteiger partial charge in [-0.05, 0) is 68.5 Å². The lowest BCUT2D eigenvalue weighted by molar-refractivity contribution is 0.395. The van der Waals surface area contributed by atoms with Crippen LogP contribution in [0.25, 0.3) is 0 Å². The van der Waals surface area contributed by atoms with E-state index in [4.69, 9.17) is 9.47 Å². The zero-order valence-corrected chi connectivity index (χ0v) is 13.4. The molecule has 20 heavy (non-hydrogen) atoms. The summed E-state index contributed by atoms with van der Waals surface area (Å²) in [6.07, 6.45) is 4.65. The van der Waals surface area contributed by atoms with E-state index in [0.29, 0.717) is 0 Å². The summed E-state index contributed by atoms with van der Waals surface area (Å²) in [7, 11) is 3.43. The zero-order valence-electron chi connectivity index (χ0n) is 13.4. The molecule has 1 aromatic carbocycles. The highest BCUT2D eigenvalue weighted by Gasteiger charge is 2.08. The summed E-state index contributed by atoms with van der Waals surface area (Å²) in [4.78, 5) is 0. The lowest BCUT2D eigenvalue weighted by atomic mass is 9.97. The first-order valence-electron chi connectivity index (χ1n) is 7.62. The average Bonchev–Trinajstić information content (AvgIpc) is 2.49. The van der Waals surface area contributed by atoms with E-state index in [1.807, 2.05) is 12.1 Å². The van der Waals surface area contributed by atoms with Crippen LogP contribution in [0.2, 0.25) is 0 Å². The van der Waals surface area contributed by atoms with Gasteiger partial charge in [0, 0.05) is 0 Å². The molecule has 3 heteroatoms. The highest BCUT2D eigenvalue weighted by Crippen LogP contribution is 2.26. The van der Waals surface area contributed by atoms with Crippen molar-refractivity contribution in [3.05, 3.63) is 23.8 Å². The van der Waals surface area contributed by atoms with Gasteiger partial charge in [0.1, 0.15) is 11.5 Å². The van der Waals surface area contributed by atoms with Gasteiger partial charge in [0.25, 0.3) is 0 Å². The van der Waals surface area contributed by atoms with Gasteiger partial charge in [-0.3, -0.25) is 0 Å². The summed E-state index contributed by atoms with van der Waals surface area (Å²) in [5, 5.41) is 3.46. The molecule has 0 heterocycles. The molecule has 1 atom stereocenters. The van der Waals surface area contributed by atoms with Gasteiger partial charge in [-0.15, -0.1) is 0 Å². The van der Waals surface area contributed by atoms with E-state index in [9.17, 15) is 0 Å². The minimum absolute atomic E-state index is 0.718. The van der Waals surface area contributed by atoms with Crippen molar-refractivity contribution in [2.75, 3.05) is 27.3 Å². The van der Waals surface area contributed by atoms with E-state index in [1.165, 1.54) is 24.8 Å². The molecule has 0 aliphatic carbocycles. The molecule has 0 spiro atoms. The summed E-state index contributed by atoms with van der Waals surface area (Å²) in [5.41, 5.74) is 1.24. The van der Waals surface area contributed by atoms with Gasteiger partial charge < -0.3 is 14.8 Å². The number of nitrogens with one attached hydrogen (secondary N) is 1. The second-order valence-electron chi connectivity index (χ2n) is 5.36. The van der Waals surface area contributed by atoms with Crippen molar-refractivity contribution in [2.45, 2.75) is 39.5 Å². The first-order valence-corrected chi connectivity index (χ1v) is 7.62. The summed E-state index contributed by atoms with van der Waals surface area (Å²) in [6, 6.07) is 6.02. The van der Waals surface area contributed by atoms with Crippen LogP contribution >= 0.6 is 0 Å². The number of ether oxygens (including phenoxy) is 2. The second kappa shape index (κ2) is 9.65. The summed E-state index contributed by atoms with van der Waals surface area (Å²) >= 11 is 0. The van der Waals surface area contributed by atoms with Gasteiger partial charge in [-0.2, -0.15) is 0 Å². The second-order valence-corrected chi connectivity index (χ2v) is 5.36. The fraction of sp³-hybridized carbons (Fsp3) is 0.647. The topological polar surface area (TPSA) is 30.5 Å². The third-order valence-corrected chi connectivity index (χ3v) is 3.63. The van der Waals surface area contributed by atoms with E-state index in [0.717, 1.165) is 36.9 Å². The fourth-order valence-electron chi connectivity index (χ4n) is 2.27. The Morgan fingerprint density at radius 1 is 1.10 bits per heavy atom. The standard InChI is InChI=1S/C17H29NO2/c1-5-11-18-12-10-14(2)6-7-15-13-16(19-3)8-9-17(15)20-4/h8-9,13-14,18H,5-7,10-12H2,1-4H3. The molecule has 1 unspecified atom stereocenters. The van der Waals surface area contributed by atoms with Crippen LogP contribution in [0, 0.1) is 5.92 Å². The molecule has 1 N–H and O–H groups in total. The van der Waals surface area contributed by atoms with Gasteiger partial charge in [0.15, 0.2) is 0 Å². The quantitative estimate of drug-likeness (QED) is 0.663. The fourth-order valence-corrected chi connectivity index (χ4v) is 2.27. The Labute approximate surface area is 123 Å². The third-order valence-electron chi connectivity index (χ3n) is 3.63. The Kier molecular flexibility index (Phi) is 8.12. The number of aryl methyl sites for hydroxylation is 1. The molecule has 0 aliphatic rings. The van der Waals surface area contributed by atoms with Crippen molar-refractivity contribution in [3.8, 4) is 11.5 Å². The summed E-state index contributed by atoms with van der Waals surface area (Å²) < 4.78 is 10.7. The molecular formula is C17H29NO2. The molecule has 1 aromatic rings. The van der Waals surface area contributed by atoms with Gasteiger partial charge in [0.2, 0.25) is 0 Å². The Balaban J connectivity index is 2.43. The molecule has 0 amide bonds. The molecule has 0 bridgehead atoms. The predicted octanol–water partition coefficient (Wildman–Crippen LogP) is 3.66.